The fraction of sp³-hybridized carbons (Fsp3) is 0.405. The van der Waals surface area contributed by atoms with Crippen LogP contribution in [0.4, 0.5) is 4.39 Å². The van der Waals surface area contributed by atoms with Crippen molar-refractivity contribution in [1.29, 1.82) is 0 Å². The summed E-state index contributed by atoms with van der Waals surface area (Å²) in [6.07, 6.45) is 4.80. The molecule has 5 aromatic rings. The summed E-state index contributed by atoms with van der Waals surface area (Å²) >= 11 is 0. The number of fused-ring (bicyclic) bond motifs is 2. The van der Waals surface area contributed by atoms with E-state index in [1.54, 1.807) is 24.4 Å². The van der Waals surface area contributed by atoms with Gasteiger partial charge in [-0.05, 0) is 107 Å². The van der Waals surface area contributed by atoms with Crippen LogP contribution in [0.25, 0.3) is 21.8 Å². The summed E-state index contributed by atoms with van der Waals surface area (Å²) in [5, 5.41) is 1.67. The summed E-state index contributed by atoms with van der Waals surface area (Å²) in [5.41, 5.74) is 3.54. The van der Waals surface area contributed by atoms with Gasteiger partial charge in [0, 0.05) is 35.9 Å². The zero-order chi connectivity index (χ0) is 32.5. The molecule has 0 radical (unpaired) electrons. The lowest BCUT2D eigenvalue weighted by Crippen LogP contribution is -2.35. The molecule has 47 heavy (non-hydrogen) atoms. The Morgan fingerprint density at radius 2 is 1.85 bits per heavy atom. The molecule has 7 rings (SSSR count). The van der Waals surface area contributed by atoms with Crippen LogP contribution in [0, 0.1) is 5.82 Å². The molecular weight excluding hydrogens is 597 g/mol. The van der Waals surface area contributed by atoms with Crippen LogP contribution in [0.5, 0.6) is 5.88 Å². The number of rotatable bonds is 9. The van der Waals surface area contributed by atoms with Gasteiger partial charge in [-0.1, -0.05) is 6.07 Å². The van der Waals surface area contributed by atoms with E-state index in [9.17, 15) is 9.18 Å². The summed E-state index contributed by atoms with van der Waals surface area (Å²) in [5.74, 6) is 1.26. The van der Waals surface area contributed by atoms with Crippen LogP contribution in [-0.2, 0) is 29.2 Å². The summed E-state index contributed by atoms with van der Waals surface area (Å²) in [6, 6.07) is 18.0. The van der Waals surface area contributed by atoms with Crippen molar-refractivity contribution >= 4 is 27.8 Å². The monoisotopic (exact) mass is 637 g/mol. The van der Waals surface area contributed by atoms with Crippen molar-refractivity contribution in [2.75, 3.05) is 19.7 Å². The topological polar surface area (TPSA) is 91.6 Å². The van der Waals surface area contributed by atoms with Crippen molar-refractivity contribution in [1.82, 2.24) is 24.4 Å². The Morgan fingerprint density at radius 3 is 2.62 bits per heavy atom. The van der Waals surface area contributed by atoms with Crippen molar-refractivity contribution in [3.05, 3.63) is 95.5 Å². The Morgan fingerprint density at radius 1 is 1.02 bits per heavy atom. The highest BCUT2D eigenvalue weighted by Gasteiger charge is 2.27. The summed E-state index contributed by atoms with van der Waals surface area (Å²) in [4.78, 5) is 29.6. The third-order valence-electron chi connectivity index (χ3n) is 8.92. The average Bonchev–Trinajstić information content (AvgIpc) is 3.37. The highest BCUT2D eigenvalue weighted by molar-refractivity contribution is 5.94. The van der Waals surface area contributed by atoms with Gasteiger partial charge in [0.2, 0.25) is 5.88 Å². The lowest BCUT2D eigenvalue weighted by Gasteiger charge is -2.32. The first-order chi connectivity index (χ1) is 22.7. The summed E-state index contributed by atoms with van der Waals surface area (Å²) < 4.78 is 33.4. The molecule has 0 amide bonds. The Labute approximate surface area is 273 Å². The molecule has 0 spiro atoms. The fourth-order valence-corrected chi connectivity index (χ4v) is 6.39. The number of pyridine rings is 2. The Kier molecular flexibility index (Phi) is 8.63. The number of hydrogen-bond acceptors (Lipinski definition) is 8. The van der Waals surface area contributed by atoms with Crippen molar-refractivity contribution in [2.45, 2.75) is 77.4 Å². The first-order valence-corrected chi connectivity index (χ1v) is 16.4. The maximum absolute atomic E-state index is 13.7. The Bertz CT molecular complexity index is 1910. The van der Waals surface area contributed by atoms with E-state index in [2.05, 4.69) is 20.5 Å². The Hall–Kier alpha value is -4.41. The normalized spacial score (nSPS) is 17.6. The molecule has 0 N–H and O–H groups in total. The van der Waals surface area contributed by atoms with Gasteiger partial charge in [-0.15, -0.1) is 0 Å². The zero-order valence-corrected chi connectivity index (χ0v) is 27.1. The molecule has 244 valence electrons. The van der Waals surface area contributed by atoms with E-state index in [1.165, 1.54) is 12.1 Å². The van der Waals surface area contributed by atoms with E-state index in [4.69, 9.17) is 24.2 Å². The second-order valence-electron chi connectivity index (χ2n) is 13.5. The van der Waals surface area contributed by atoms with Gasteiger partial charge in [0.1, 0.15) is 23.8 Å². The minimum absolute atomic E-state index is 0.155. The van der Waals surface area contributed by atoms with Gasteiger partial charge in [-0.3, -0.25) is 9.88 Å². The second-order valence-corrected chi connectivity index (χ2v) is 13.5. The number of esters is 1. The maximum Gasteiger partial charge on any atom is 0.338 e. The van der Waals surface area contributed by atoms with Crippen LogP contribution in [0.15, 0.2) is 66.9 Å². The molecule has 0 saturated carbocycles. The molecule has 1 atom stereocenters. The van der Waals surface area contributed by atoms with E-state index in [0.717, 1.165) is 78.0 Å². The van der Waals surface area contributed by atoms with Gasteiger partial charge in [0.15, 0.2) is 0 Å². The van der Waals surface area contributed by atoms with Crippen LogP contribution in [0.3, 0.4) is 0 Å². The third-order valence-corrected chi connectivity index (χ3v) is 8.92. The van der Waals surface area contributed by atoms with Crippen LogP contribution in [0.1, 0.15) is 73.5 Å². The number of piperidine rings is 1. The first kappa shape index (κ1) is 31.2. The zero-order valence-electron chi connectivity index (χ0n) is 27.1. The number of benzene rings is 2. The predicted molar refractivity (Wildman–Crippen MR) is 177 cm³/mol. The molecule has 2 aliphatic rings. The largest absolute Gasteiger partial charge is 0.471 e. The number of halogens is 1. The molecule has 0 unspecified atom stereocenters. The van der Waals surface area contributed by atoms with Crippen LogP contribution in [-0.4, -0.2) is 61.8 Å². The van der Waals surface area contributed by atoms with E-state index in [0.29, 0.717) is 30.5 Å². The van der Waals surface area contributed by atoms with Crippen molar-refractivity contribution < 1.29 is 23.4 Å². The predicted octanol–water partition coefficient (Wildman–Crippen LogP) is 6.82. The molecule has 2 fully saturated rings. The number of hydrogen-bond donors (Lipinski definition) is 0. The number of nitrogens with zero attached hydrogens (tertiary/aromatic N) is 5. The number of aromatic nitrogens is 4. The number of carbonyl (C=O) groups is 1. The molecule has 0 aliphatic carbocycles. The van der Waals surface area contributed by atoms with Gasteiger partial charge in [0.05, 0.1) is 41.5 Å². The number of likely N-dealkylation sites (tertiary alicyclic amines) is 1. The van der Waals surface area contributed by atoms with E-state index in [1.807, 2.05) is 45.0 Å². The summed E-state index contributed by atoms with van der Waals surface area (Å²) in [6.45, 7) is 9.92. The highest BCUT2D eigenvalue weighted by atomic mass is 19.1. The first-order valence-electron chi connectivity index (χ1n) is 16.4. The smallest absolute Gasteiger partial charge is 0.338 e. The molecule has 2 aliphatic heterocycles. The Balaban J connectivity index is 1.01. The summed E-state index contributed by atoms with van der Waals surface area (Å²) in [7, 11) is 0. The molecule has 10 heteroatoms. The van der Waals surface area contributed by atoms with Crippen molar-refractivity contribution in [2.24, 2.45) is 0 Å². The van der Waals surface area contributed by atoms with Crippen LogP contribution >= 0.6 is 0 Å². The third kappa shape index (κ3) is 7.13. The molecule has 2 aromatic carbocycles. The van der Waals surface area contributed by atoms with E-state index >= 15 is 0 Å². The molecule has 9 nitrogen and oxygen atoms in total. The average molecular weight is 638 g/mol. The van der Waals surface area contributed by atoms with Crippen molar-refractivity contribution in [3.8, 4) is 5.88 Å². The van der Waals surface area contributed by atoms with E-state index < -0.39 is 5.60 Å². The van der Waals surface area contributed by atoms with Gasteiger partial charge in [0.25, 0.3) is 0 Å². The standard InChI is InChI=1S/C37H40FN5O4/c1-37(2,3)47-36(44)26-7-10-31-33(20-26)43(21-28-14-18-45-28)34(40-31)22-42-16-12-24(13-17-42)30-5-4-6-35(41-30)46-23-32-29-9-8-27(38)19-25(29)11-15-39-32/h4-11,15,19-20,24,28H,12-14,16-18,21-23H2,1-3H3/t28-/m0/s1. The molecule has 0 bridgehead atoms. The fourth-order valence-electron chi connectivity index (χ4n) is 6.39. The lowest BCUT2D eigenvalue weighted by atomic mass is 9.93. The van der Waals surface area contributed by atoms with Crippen LogP contribution < -0.4 is 4.74 Å². The number of carbonyl (C=O) groups excluding carboxylic acids is 1. The lowest BCUT2D eigenvalue weighted by molar-refractivity contribution is -0.0592. The number of ether oxygens (including phenoxy) is 3. The maximum atomic E-state index is 13.7. The number of imidazole rings is 1. The second kappa shape index (κ2) is 13.0. The van der Waals surface area contributed by atoms with Crippen LogP contribution in [0.2, 0.25) is 0 Å². The van der Waals surface area contributed by atoms with Gasteiger partial charge < -0.3 is 18.8 Å². The van der Waals surface area contributed by atoms with Crippen molar-refractivity contribution in [3.63, 3.8) is 0 Å². The van der Waals surface area contributed by atoms with Gasteiger partial charge in [-0.2, -0.15) is 0 Å². The molecule has 2 saturated heterocycles. The molecule has 5 heterocycles. The minimum atomic E-state index is -0.564. The minimum Gasteiger partial charge on any atom is -0.471 e. The molecule has 3 aromatic heterocycles. The van der Waals surface area contributed by atoms with Gasteiger partial charge >= 0.3 is 5.97 Å². The SMILES string of the molecule is CC(C)(C)OC(=O)c1ccc2nc(CN3CCC(c4cccc(OCc5nccc6cc(F)ccc56)n4)CC3)n(C[C@@H]3CCO3)c2c1. The van der Waals surface area contributed by atoms with E-state index in [-0.39, 0.29) is 24.5 Å². The highest BCUT2D eigenvalue weighted by Crippen LogP contribution is 2.30. The molecular formula is C37H40FN5O4. The van der Waals surface area contributed by atoms with Gasteiger partial charge in [-0.25, -0.2) is 19.2 Å². The quantitative estimate of drug-likeness (QED) is 0.163.